The van der Waals surface area contributed by atoms with E-state index >= 15 is 0 Å². The van der Waals surface area contributed by atoms with Crippen LogP contribution in [0.1, 0.15) is 65.2 Å². The van der Waals surface area contributed by atoms with Gasteiger partial charge in [0.15, 0.2) is 8.32 Å². The SMILES string of the molecule is C[C@]12CC[C@@H](O[Si](C)(C)C)C[C@@H]1CC[C@@H]1[C@@H]2CC[C@]2(C)C(O[Si](C)(C)C)=CC[C@@H]12. The van der Waals surface area contributed by atoms with Crippen LogP contribution < -0.4 is 0 Å². The largest absolute Gasteiger partial charge is 0.547 e. The van der Waals surface area contributed by atoms with Crippen LogP contribution >= 0.6 is 0 Å². The van der Waals surface area contributed by atoms with E-state index in [1.54, 1.807) is 0 Å². The standard InChI is InChI=1S/C25H46O2Si2/c1-24-15-13-19(26-28(3,4)5)17-18(24)9-10-20-21-11-12-23(27-29(6,7)8)25(21,2)16-14-22(20)24/h12,18-22H,9-11,13-17H2,1-8H3/t18-,19+,20-,21-,22-,24-,25-/m0/s1. The average molecular weight is 435 g/mol. The number of allylic oxidation sites excluding steroid dienone is 2. The van der Waals surface area contributed by atoms with Crippen molar-refractivity contribution in [2.75, 3.05) is 0 Å². The summed E-state index contributed by atoms with van der Waals surface area (Å²) in [6.45, 7) is 19.3. The van der Waals surface area contributed by atoms with Gasteiger partial charge in [-0.1, -0.05) is 13.8 Å². The molecule has 4 aliphatic carbocycles. The molecule has 4 aliphatic rings. The van der Waals surface area contributed by atoms with Gasteiger partial charge in [0, 0.05) is 11.5 Å². The van der Waals surface area contributed by atoms with Gasteiger partial charge in [0.25, 0.3) is 0 Å². The fourth-order valence-corrected chi connectivity index (χ4v) is 10.0. The molecule has 4 rings (SSSR count). The fourth-order valence-electron chi connectivity index (χ4n) is 7.84. The highest BCUT2D eigenvalue weighted by atomic mass is 28.4. The van der Waals surface area contributed by atoms with Crippen molar-refractivity contribution in [3.63, 3.8) is 0 Å². The molecule has 2 nitrogen and oxygen atoms in total. The van der Waals surface area contributed by atoms with Gasteiger partial charge in [-0.15, -0.1) is 0 Å². The van der Waals surface area contributed by atoms with Gasteiger partial charge < -0.3 is 8.85 Å². The second kappa shape index (κ2) is 7.23. The molecule has 0 saturated heterocycles. The van der Waals surface area contributed by atoms with Crippen molar-refractivity contribution in [3.05, 3.63) is 11.8 Å². The van der Waals surface area contributed by atoms with Crippen LogP contribution in [0.25, 0.3) is 0 Å². The molecule has 29 heavy (non-hydrogen) atoms. The Morgan fingerprint density at radius 1 is 0.862 bits per heavy atom. The summed E-state index contributed by atoms with van der Waals surface area (Å²) in [5.74, 6) is 4.91. The van der Waals surface area contributed by atoms with Crippen LogP contribution in [0.2, 0.25) is 39.3 Å². The van der Waals surface area contributed by atoms with E-state index in [-0.39, 0.29) is 0 Å². The molecule has 0 spiro atoms. The molecular formula is C25H46O2Si2. The molecule has 0 radical (unpaired) electrons. The zero-order valence-electron chi connectivity index (χ0n) is 20.4. The maximum absolute atomic E-state index is 6.63. The molecule has 0 N–H and O–H groups in total. The lowest BCUT2D eigenvalue weighted by atomic mass is 9.45. The predicted molar refractivity (Wildman–Crippen MR) is 128 cm³/mol. The zero-order chi connectivity index (χ0) is 21.2. The minimum absolute atomic E-state index is 0.308. The summed E-state index contributed by atoms with van der Waals surface area (Å²) in [6, 6.07) is 0. The van der Waals surface area contributed by atoms with Crippen LogP contribution in [-0.2, 0) is 8.85 Å². The van der Waals surface area contributed by atoms with Crippen molar-refractivity contribution in [3.8, 4) is 0 Å². The quantitative estimate of drug-likeness (QED) is 0.424. The minimum atomic E-state index is -1.54. The highest BCUT2D eigenvalue weighted by molar-refractivity contribution is 6.70. The first-order chi connectivity index (χ1) is 13.3. The highest BCUT2D eigenvalue weighted by Gasteiger charge is 2.59. The minimum Gasteiger partial charge on any atom is -0.547 e. The zero-order valence-corrected chi connectivity index (χ0v) is 22.4. The van der Waals surface area contributed by atoms with Gasteiger partial charge in [-0.25, -0.2) is 0 Å². The van der Waals surface area contributed by atoms with E-state index in [4.69, 9.17) is 8.85 Å². The molecule has 7 atom stereocenters. The average Bonchev–Trinajstić information content (AvgIpc) is 2.89. The van der Waals surface area contributed by atoms with E-state index in [1.165, 1.54) is 57.1 Å². The molecule has 0 amide bonds. The van der Waals surface area contributed by atoms with Crippen LogP contribution in [0.4, 0.5) is 0 Å². The van der Waals surface area contributed by atoms with Gasteiger partial charge in [0.2, 0.25) is 8.32 Å². The van der Waals surface area contributed by atoms with Gasteiger partial charge in [0.1, 0.15) is 0 Å². The van der Waals surface area contributed by atoms with E-state index in [2.05, 4.69) is 59.2 Å². The Labute approximate surface area is 182 Å². The highest BCUT2D eigenvalue weighted by Crippen LogP contribution is 2.66. The smallest absolute Gasteiger partial charge is 0.241 e. The van der Waals surface area contributed by atoms with Gasteiger partial charge in [-0.2, -0.15) is 0 Å². The summed E-state index contributed by atoms with van der Waals surface area (Å²) >= 11 is 0. The van der Waals surface area contributed by atoms with Crippen molar-refractivity contribution in [2.24, 2.45) is 34.5 Å². The van der Waals surface area contributed by atoms with Gasteiger partial charge in [-0.05, 0) is 126 Å². The molecule has 4 heteroatoms. The van der Waals surface area contributed by atoms with Crippen LogP contribution in [0.3, 0.4) is 0 Å². The number of rotatable bonds is 4. The predicted octanol–water partition coefficient (Wildman–Crippen LogP) is 7.59. The number of hydrogen-bond acceptors (Lipinski definition) is 2. The Hall–Kier alpha value is -0.0662. The van der Waals surface area contributed by atoms with E-state index in [1.807, 2.05) is 0 Å². The lowest BCUT2D eigenvalue weighted by molar-refractivity contribution is -0.119. The summed E-state index contributed by atoms with van der Waals surface area (Å²) in [6.07, 6.45) is 13.9. The Kier molecular flexibility index (Phi) is 5.52. The fraction of sp³-hybridized carbons (Fsp3) is 0.920. The molecule has 0 heterocycles. The number of hydrogen-bond donors (Lipinski definition) is 0. The molecule has 0 unspecified atom stereocenters. The van der Waals surface area contributed by atoms with Crippen LogP contribution in [0.15, 0.2) is 11.8 Å². The Morgan fingerprint density at radius 3 is 2.24 bits per heavy atom. The first-order valence-corrected chi connectivity index (χ1v) is 19.2. The van der Waals surface area contributed by atoms with Crippen LogP contribution in [0.5, 0.6) is 0 Å². The summed E-state index contributed by atoms with van der Waals surface area (Å²) in [4.78, 5) is 0. The van der Waals surface area contributed by atoms with E-state index < -0.39 is 16.6 Å². The summed E-state index contributed by atoms with van der Waals surface area (Å²) in [5.41, 5.74) is 0.856. The third-order valence-electron chi connectivity index (χ3n) is 9.06. The molecule has 166 valence electrons. The first kappa shape index (κ1) is 22.1. The Balaban J connectivity index is 1.49. The van der Waals surface area contributed by atoms with Crippen molar-refractivity contribution in [1.29, 1.82) is 0 Å². The monoisotopic (exact) mass is 434 g/mol. The lowest BCUT2D eigenvalue weighted by Crippen LogP contribution is -2.54. The molecule has 3 saturated carbocycles. The third kappa shape index (κ3) is 4.07. The Bertz CT molecular complexity index is 661. The first-order valence-electron chi connectivity index (χ1n) is 12.4. The molecule has 0 aromatic carbocycles. The maximum Gasteiger partial charge on any atom is 0.241 e. The summed E-state index contributed by atoms with van der Waals surface area (Å²) < 4.78 is 13.2. The van der Waals surface area contributed by atoms with E-state index in [9.17, 15) is 0 Å². The lowest BCUT2D eigenvalue weighted by Gasteiger charge is -2.61. The van der Waals surface area contributed by atoms with Gasteiger partial charge in [-0.3, -0.25) is 0 Å². The van der Waals surface area contributed by atoms with Gasteiger partial charge in [0.05, 0.1) is 5.76 Å². The summed E-state index contributed by atoms with van der Waals surface area (Å²) in [5, 5.41) is 0. The molecule has 3 fully saturated rings. The molecular weight excluding hydrogens is 388 g/mol. The van der Waals surface area contributed by atoms with Crippen molar-refractivity contribution in [1.82, 2.24) is 0 Å². The topological polar surface area (TPSA) is 18.5 Å². The van der Waals surface area contributed by atoms with E-state index in [0.717, 1.165) is 23.7 Å². The van der Waals surface area contributed by atoms with Crippen molar-refractivity contribution < 1.29 is 8.85 Å². The van der Waals surface area contributed by atoms with Crippen LogP contribution in [0, 0.1) is 34.5 Å². The van der Waals surface area contributed by atoms with Gasteiger partial charge >= 0.3 is 0 Å². The second-order valence-electron chi connectivity index (χ2n) is 13.3. The van der Waals surface area contributed by atoms with Crippen molar-refractivity contribution in [2.45, 2.75) is 111 Å². The van der Waals surface area contributed by atoms with Crippen molar-refractivity contribution >= 4 is 16.6 Å². The Morgan fingerprint density at radius 2 is 1.59 bits per heavy atom. The molecule has 0 aromatic heterocycles. The molecule has 0 bridgehead atoms. The second-order valence-corrected chi connectivity index (χ2v) is 22.1. The van der Waals surface area contributed by atoms with E-state index in [0.29, 0.717) is 16.9 Å². The van der Waals surface area contributed by atoms with Crippen LogP contribution in [-0.4, -0.2) is 22.7 Å². The third-order valence-corrected chi connectivity index (χ3v) is 10.9. The molecule has 0 aromatic rings. The summed E-state index contributed by atoms with van der Waals surface area (Å²) in [7, 11) is -2.97. The number of fused-ring (bicyclic) bond motifs is 5. The maximum atomic E-state index is 6.63. The normalized spacial score (nSPS) is 45.1. The molecule has 0 aliphatic heterocycles.